The van der Waals surface area contributed by atoms with E-state index < -0.39 is 0 Å². The van der Waals surface area contributed by atoms with Crippen molar-refractivity contribution < 1.29 is 9.90 Å². The first-order chi connectivity index (χ1) is 12.0. The van der Waals surface area contributed by atoms with Crippen LogP contribution < -0.4 is 10.6 Å². The van der Waals surface area contributed by atoms with Crippen LogP contribution in [0.25, 0.3) is 0 Å². The number of amides is 1. The third-order valence-electron chi connectivity index (χ3n) is 4.38. The summed E-state index contributed by atoms with van der Waals surface area (Å²) < 4.78 is 1.83. The number of carbonyl (C=O) groups excluding carboxylic acids is 1. The number of benzene rings is 1. The van der Waals surface area contributed by atoms with Crippen molar-refractivity contribution in [3.63, 3.8) is 0 Å². The highest BCUT2D eigenvalue weighted by Crippen LogP contribution is 2.25. The van der Waals surface area contributed by atoms with E-state index in [4.69, 9.17) is 5.11 Å². The Hall–Kier alpha value is -2.34. The summed E-state index contributed by atoms with van der Waals surface area (Å²) >= 11 is 0. The molecule has 0 spiro atoms. The van der Waals surface area contributed by atoms with Crippen molar-refractivity contribution in [3.05, 3.63) is 40.7 Å². The van der Waals surface area contributed by atoms with E-state index in [0.717, 1.165) is 40.3 Å². The van der Waals surface area contributed by atoms with Crippen LogP contribution in [0.3, 0.4) is 0 Å². The number of aromatic nitrogens is 2. The number of nitrogens with zero attached hydrogens (tertiary/aromatic N) is 2. The summed E-state index contributed by atoms with van der Waals surface area (Å²) in [6.45, 7) is 9.21. The summed E-state index contributed by atoms with van der Waals surface area (Å²) in [6, 6.07) is 5.86. The Labute approximate surface area is 149 Å². The molecule has 0 bridgehead atoms. The highest BCUT2D eigenvalue weighted by molar-refractivity contribution is 5.92. The molecule has 0 saturated heterocycles. The van der Waals surface area contributed by atoms with Gasteiger partial charge in [0.1, 0.15) is 0 Å². The molecule has 1 heterocycles. The number of rotatable bonds is 8. The van der Waals surface area contributed by atoms with Crippen LogP contribution in [0.1, 0.15) is 42.3 Å². The van der Waals surface area contributed by atoms with Gasteiger partial charge in [-0.3, -0.25) is 9.48 Å². The van der Waals surface area contributed by atoms with Gasteiger partial charge in [-0.05, 0) is 44.9 Å². The maximum absolute atomic E-state index is 11.8. The molecule has 1 aromatic carbocycles. The standard InChI is InChI=1S/C19H28N4O2/c1-5-7-19(25)21-18-9-6-8-17(13(18)2)20-12-16-14(3)22-23(10-11-24)15(16)4/h6,8-9,20,24H,5,7,10-12H2,1-4H3,(H,21,25). The van der Waals surface area contributed by atoms with Gasteiger partial charge in [-0.1, -0.05) is 13.0 Å². The minimum atomic E-state index is 0.0414. The van der Waals surface area contributed by atoms with Gasteiger partial charge in [0.25, 0.3) is 0 Å². The molecule has 3 N–H and O–H groups in total. The van der Waals surface area contributed by atoms with E-state index in [-0.39, 0.29) is 12.5 Å². The van der Waals surface area contributed by atoms with Gasteiger partial charge in [0.2, 0.25) is 5.91 Å². The van der Waals surface area contributed by atoms with E-state index in [0.29, 0.717) is 19.5 Å². The Morgan fingerprint density at radius 1 is 1.24 bits per heavy atom. The Morgan fingerprint density at radius 2 is 1.96 bits per heavy atom. The van der Waals surface area contributed by atoms with E-state index in [1.807, 2.05) is 50.6 Å². The summed E-state index contributed by atoms with van der Waals surface area (Å²) in [7, 11) is 0. The normalized spacial score (nSPS) is 10.8. The van der Waals surface area contributed by atoms with Crippen molar-refractivity contribution in [1.29, 1.82) is 0 Å². The number of aliphatic hydroxyl groups excluding tert-OH is 1. The van der Waals surface area contributed by atoms with Crippen LogP contribution in [0.2, 0.25) is 0 Å². The van der Waals surface area contributed by atoms with Crippen LogP contribution in [-0.2, 0) is 17.9 Å². The Morgan fingerprint density at radius 3 is 2.64 bits per heavy atom. The molecule has 1 aromatic heterocycles. The van der Waals surface area contributed by atoms with E-state index in [9.17, 15) is 4.79 Å². The number of hydrogen-bond acceptors (Lipinski definition) is 4. The minimum Gasteiger partial charge on any atom is -0.394 e. The number of aryl methyl sites for hydroxylation is 1. The van der Waals surface area contributed by atoms with Crippen LogP contribution in [0.5, 0.6) is 0 Å². The first-order valence-electron chi connectivity index (χ1n) is 8.75. The highest BCUT2D eigenvalue weighted by Gasteiger charge is 2.12. The number of anilines is 2. The van der Waals surface area contributed by atoms with Crippen LogP contribution >= 0.6 is 0 Å². The van der Waals surface area contributed by atoms with Gasteiger partial charge < -0.3 is 15.7 Å². The highest BCUT2D eigenvalue weighted by atomic mass is 16.3. The second-order valence-corrected chi connectivity index (χ2v) is 6.23. The molecule has 0 aliphatic heterocycles. The third kappa shape index (κ3) is 4.60. The lowest BCUT2D eigenvalue weighted by atomic mass is 10.1. The van der Waals surface area contributed by atoms with Crippen LogP contribution in [0.4, 0.5) is 11.4 Å². The fourth-order valence-corrected chi connectivity index (χ4v) is 2.89. The first-order valence-corrected chi connectivity index (χ1v) is 8.75. The van der Waals surface area contributed by atoms with Crippen molar-refractivity contribution in [2.24, 2.45) is 0 Å². The number of hydrogen-bond donors (Lipinski definition) is 3. The molecule has 0 unspecified atom stereocenters. The molecule has 25 heavy (non-hydrogen) atoms. The maximum Gasteiger partial charge on any atom is 0.224 e. The molecular weight excluding hydrogens is 316 g/mol. The second kappa shape index (κ2) is 8.67. The predicted octanol–water partition coefficient (Wildman–Crippen LogP) is 3.15. The summed E-state index contributed by atoms with van der Waals surface area (Å²) in [4.78, 5) is 11.8. The van der Waals surface area contributed by atoms with Gasteiger partial charge in [0.05, 0.1) is 18.8 Å². The topological polar surface area (TPSA) is 79.2 Å². The van der Waals surface area contributed by atoms with Crippen molar-refractivity contribution in [2.75, 3.05) is 17.2 Å². The molecule has 0 aliphatic carbocycles. The second-order valence-electron chi connectivity index (χ2n) is 6.23. The van der Waals surface area contributed by atoms with Crippen molar-refractivity contribution in [1.82, 2.24) is 9.78 Å². The van der Waals surface area contributed by atoms with E-state index in [2.05, 4.69) is 15.7 Å². The lowest BCUT2D eigenvalue weighted by Crippen LogP contribution is -2.12. The fraction of sp³-hybridized carbons (Fsp3) is 0.474. The molecule has 6 heteroatoms. The van der Waals surface area contributed by atoms with Gasteiger partial charge in [-0.2, -0.15) is 5.10 Å². The average Bonchev–Trinajstić information content (AvgIpc) is 2.83. The monoisotopic (exact) mass is 344 g/mol. The largest absolute Gasteiger partial charge is 0.394 e. The maximum atomic E-state index is 11.8. The molecule has 2 aromatic rings. The molecule has 0 atom stereocenters. The van der Waals surface area contributed by atoms with Gasteiger partial charge in [-0.25, -0.2) is 0 Å². The zero-order valence-electron chi connectivity index (χ0n) is 15.5. The lowest BCUT2D eigenvalue weighted by molar-refractivity contribution is -0.116. The average molecular weight is 344 g/mol. The zero-order chi connectivity index (χ0) is 18.4. The van der Waals surface area contributed by atoms with Crippen molar-refractivity contribution in [2.45, 2.75) is 53.6 Å². The lowest BCUT2D eigenvalue weighted by Gasteiger charge is -2.14. The molecular formula is C19H28N4O2. The van der Waals surface area contributed by atoms with Gasteiger partial charge >= 0.3 is 0 Å². The third-order valence-corrected chi connectivity index (χ3v) is 4.38. The summed E-state index contributed by atoms with van der Waals surface area (Å²) in [5, 5.41) is 20.0. The summed E-state index contributed by atoms with van der Waals surface area (Å²) in [5.74, 6) is 0.0414. The van der Waals surface area contributed by atoms with E-state index in [1.54, 1.807) is 0 Å². The molecule has 136 valence electrons. The molecule has 1 amide bonds. The quantitative estimate of drug-likeness (QED) is 0.687. The van der Waals surface area contributed by atoms with Crippen LogP contribution in [-0.4, -0.2) is 27.4 Å². The molecule has 6 nitrogen and oxygen atoms in total. The first kappa shape index (κ1) is 19.0. The van der Waals surface area contributed by atoms with Gasteiger partial charge in [-0.15, -0.1) is 0 Å². The molecule has 0 saturated carbocycles. The predicted molar refractivity (Wildman–Crippen MR) is 101 cm³/mol. The molecule has 0 fully saturated rings. The Balaban J connectivity index is 2.12. The Kier molecular flexibility index (Phi) is 6.58. The van der Waals surface area contributed by atoms with Gasteiger partial charge in [0.15, 0.2) is 0 Å². The summed E-state index contributed by atoms with van der Waals surface area (Å²) in [5.41, 5.74) is 6.00. The molecule has 0 aliphatic rings. The molecule has 2 rings (SSSR count). The number of carbonyl (C=O) groups is 1. The van der Waals surface area contributed by atoms with Crippen molar-refractivity contribution in [3.8, 4) is 0 Å². The fourth-order valence-electron chi connectivity index (χ4n) is 2.89. The van der Waals surface area contributed by atoms with Gasteiger partial charge in [0, 0.05) is 35.6 Å². The van der Waals surface area contributed by atoms with E-state index >= 15 is 0 Å². The van der Waals surface area contributed by atoms with E-state index in [1.165, 1.54) is 0 Å². The molecule has 0 radical (unpaired) electrons. The van der Waals surface area contributed by atoms with Crippen LogP contribution in [0, 0.1) is 20.8 Å². The Bertz CT molecular complexity index is 737. The number of aliphatic hydroxyl groups is 1. The minimum absolute atomic E-state index is 0.0414. The SMILES string of the molecule is CCCC(=O)Nc1cccc(NCc2c(C)nn(CCO)c2C)c1C. The summed E-state index contributed by atoms with van der Waals surface area (Å²) in [6.07, 6.45) is 1.36. The number of nitrogens with one attached hydrogen (secondary N) is 2. The zero-order valence-corrected chi connectivity index (χ0v) is 15.5. The van der Waals surface area contributed by atoms with Crippen molar-refractivity contribution >= 4 is 17.3 Å². The smallest absolute Gasteiger partial charge is 0.224 e. The van der Waals surface area contributed by atoms with Crippen LogP contribution in [0.15, 0.2) is 18.2 Å².